The standard InChI is InChI=1S/C24H29NO4.ClH/c1-17(2)21-20(29-16-15-25-13-7-4-8-14-25)12-11-19(24(27)28)22(21)23(26)18-9-5-3-6-10-18;/h3,5-6,9-12,17H,4,7-8,13-16H2,1-2H3,(H,27,28);1H. The minimum atomic E-state index is -1.11. The fourth-order valence-electron chi connectivity index (χ4n) is 3.92. The number of carbonyl (C=O) groups excluding carboxylic acids is 1. The summed E-state index contributed by atoms with van der Waals surface area (Å²) in [6.45, 7) is 7.46. The molecule has 1 fully saturated rings. The Labute approximate surface area is 184 Å². The molecule has 0 radical (unpaired) electrons. The van der Waals surface area contributed by atoms with Crippen LogP contribution in [-0.2, 0) is 0 Å². The minimum absolute atomic E-state index is 0. The minimum Gasteiger partial charge on any atom is -0.492 e. The van der Waals surface area contributed by atoms with Crippen molar-refractivity contribution in [2.75, 3.05) is 26.2 Å². The first-order chi connectivity index (χ1) is 14.0. The molecule has 2 aromatic carbocycles. The Bertz CT molecular complexity index is 861. The van der Waals surface area contributed by atoms with Crippen molar-refractivity contribution in [3.05, 3.63) is 64.7 Å². The van der Waals surface area contributed by atoms with E-state index in [2.05, 4.69) is 4.90 Å². The molecule has 3 rings (SSSR count). The molecule has 0 aliphatic carbocycles. The quantitative estimate of drug-likeness (QED) is 0.594. The van der Waals surface area contributed by atoms with Gasteiger partial charge in [0.05, 0.1) is 5.56 Å². The maximum Gasteiger partial charge on any atom is 0.336 e. The van der Waals surface area contributed by atoms with Crippen LogP contribution in [0.3, 0.4) is 0 Å². The molecule has 6 heteroatoms. The summed E-state index contributed by atoms with van der Waals surface area (Å²) >= 11 is 0. The third kappa shape index (κ3) is 5.61. The summed E-state index contributed by atoms with van der Waals surface area (Å²) < 4.78 is 6.08. The highest BCUT2D eigenvalue weighted by atomic mass is 35.5. The molecule has 1 N–H and O–H groups in total. The van der Waals surface area contributed by atoms with Crippen molar-refractivity contribution in [1.82, 2.24) is 4.90 Å². The molecule has 2 aromatic rings. The molecule has 5 nitrogen and oxygen atoms in total. The summed E-state index contributed by atoms with van der Waals surface area (Å²) in [5, 5.41) is 9.71. The SMILES string of the molecule is CC(C)c1c(OCCN2CCCCC2)ccc(C(=O)O)c1C(=O)c1ccccc1.Cl. The number of halogens is 1. The monoisotopic (exact) mass is 431 g/mol. The van der Waals surface area contributed by atoms with Crippen molar-refractivity contribution in [3.8, 4) is 5.75 Å². The first kappa shape index (κ1) is 23.9. The van der Waals surface area contributed by atoms with Gasteiger partial charge in [0, 0.05) is 23.2 Å². The van der Waals surface area contributed by atoms with E-state index in [-0.39, 0.29) is 35.2 Å². The van der Waals surface area contributed by atoms with Gasteiger partial charge >= 0.3 is 5.97 Å². The topological polar surface area (TPSA) is 66.8 Å². The number of carboxylic acids is 1. The van der Waals surface area contributed by atoms with Gasteiger partial charge in [-0.25, -0.2) is 4.79 Å². The van der Waals surface area contributed by atoms with Crippen molar-refractivity contribution in [1.29, 1.82) is 0 Å². The second-order valence-corrected chi connectivity index (χ2v) is 7.81. The van der Waals surface area contributed by atoms with Crippen LogP contribution < -0.4 is 4.74 Å². The van der Waals surface area contributed by atoms with Crippen LogP contribution in [-0.4, -0.2) is 48.0 Å². The maximum absolute atomic E-state index is 13.2. The Morgan fingerprint density at radius 2 is 1.70 bits per heavy atom. The third-order valence-corrected chi connectivity index (χ3v) is 5.39. The van der Waals surface area contributed by atoms with Gasteiger partial charge < -0.3 is 9.84 Å². The van der Waals surface area contributed by atoms with E-state index < -0.39 is 5.97 Å². The molecule has 1 aliphatic heterocycles. The highest BCUT2D eigenvalue weighted by molar-refractivity contribution is 6.15. The van der Waals surface area contributed by atoms with Gasteiger partial charge in [-0.1, -0.05) is 50.6 Å². The normalized spacial score (nSPS) is 14.2. The van der Waals surface area contributed by atoms with Crippen molar-refractivity contribution in [3.63, 3.8) is 0 Å². The number of ether oxygens (including phenoxy) is 1. The molecule has 1 heterocycles. The molecule has 0 amide bonds. The fraction of sp³-hybridized carbons (Fsp3) is 0.417. The molecule has 0 aromatic heterocycles. The number of hydrogen-bond acceptors (Lipinski definition) is 4. The van der Waals surface area contributed by atoms with Gasteiger partial charge in [0.15, 0.2) is 5.78 Å². The fourth-order valence-corrected chi connectivity index (χ4v) is 3.92. The molecule has 0 bridgehead atoms. The van der Waals surface area contributed by atoms with Crippen LogP contribution in [0.1, 0.15) is 70.9 Å². The number of nitrogens with zero attached hydrogens (tertiary/aromatic N) is 1. The van der Waals surface area contributed by atoms with Crippen LogP contribution in [0.2, 0.25) is 0 Å². The highest BCUT2D eigenvalue weighted by Crippen LogP contribution is 2.34. The number of carbonyl (C=O) groups is 2. The summed E-state index contributed by atoms with van der Waals surface area (Å²) in [5.41, 5.74) is 1.39. The molecular weight excluding hydrogens is 402 g/mol. The van der Waals surface area contributed by atoms with E-state index in [0.29, 0.717) is 23.5 Å². The van der Waals surface area contributed by atoms with E-state index in [4.69, 9.17) is 4.74 Å². The first-order valence-corrected chi connectivity index (χ1v) is 10.3. The zero-order valence-electron chi connectivity index (χ0n) is 17.6. The molecular formula is C24H30ClNO4. The molecule has 30 heavy (non-hydrogen) atoms. The molecule has 0 saturated carbocycles. The predicted molar refractivity (Wildman–Crippen MR) is 120 cm³/mol. The molecule has 1 aliphatic rings. The average molecular weight is 432 g/mol. The Morgan fingerprint density at radius 3 is 2.30 bits per heavy atom. The summed E-state index contributed by atoms with van der Waals surface area (Å²) in [6, 6.07) is 12.0. The van der Waals surface area contributed by atoms with Gasteiger partial charge in [-0.2, -0.15) is 0 Å². The molecule has 0 unspecified atom stereocenters. The van der Waals surface area contributed by atoms with Crippen molar-refractivity contribution >= 4 is 24.2 Å². The Balaban J connectivity index is 0.00000320. The number of piperidine rings is 1. The second-order valence-electron chi connectivity index (χ2n) is 7.81. The van der Waals surface area contributed by atoms with Crippen molar-refractivity contribution in [2.24, 2.45) is 0 Å². The lowest BCUT2D eigenvalue weighted by Crippen LogP contribution is -2.33. The number of aromatic carboxylic acids is 1. The van der Waals surface area contributed by atoms with E-state index in [1.807, 2.05) is 19.9 Å². The number of likely N-dealkylation sites (tertiary alicyclic amines) is 1. The van der Waals surface area contributed by atoms with E-state index in [9.17, 15) is 14.7 Å². The second kappa shape index (κ2) is 11.1. The predicted octanol–water partition coefficient (Wildman–Crippen LogP) is 5.03. The van der Waals surface area contributed by atoms with Gasteiger partial charge in [-0.05, 0) is 44.0 Å². The van der Waals surface area contributed by atoms with E-state index in [1.54, 1.807) is 30.3 Å². The lowest BCUT2D eigenvalue weighted by Gasteiger charge is -2.27. The van der Waals surface area contributed by atoms with Crippen LogP contribution in [0.4, 0.5) is 0 Å². The average Bonchev–Trinajstić information content (AvgIpc) is 2.73. The van der Waals surface area contributed by atoms with Crippen molar-refractivity contribution < 1.29 is 19.4 Å². The summed E-state index contributed by atoms with van der Waals surface area (Å²) in [4.78, 5) is 27.5. The summed E-state index contributed by atoms with van der Waals surface area (Å²) in [7, 11) is 0. The van der Waals surface area contributed by atoms with Crippen molar-refractivity contribution in [2.45, 2.75) is 39.0 Å². The van der Waals surface area contributed by atoms with Crippen LogP contribution >= 0.6 is 12.4 Å². The Kier molecular flexibility index (Phi) is 8.88. The van der Waals surface area contributed by atoms with E-state index in [1.165, 1.54) is 25.3 Å². The summed E-state index contributed by atoms with van der Waals surface area (Å²) in [6.07, 6.45) is 3.73. The van der Waals surface area contributed by atoms with Gasteiger partial charge in [0.2, 0.25) is 0 Å². The van der Waals surface area contributed by atoms with Crippen LogP contribution in [0.5, 0.6) is 5.75 Å². The Morgan fingerprint density at radius 1 is 1.03 bits per heavy atom. The number of carboxylic acid groups (broad SMARTS) is 1. The maximum atomic E-state index is 13.2. The van der Waals surface area contributed by atoms with E-state index in [0.717, 1.165) is 19.6 Å². The lowest BCUT2D eigenvalue weighted by molar-refractivity contribution is 0.0692. The lowest BCUT2D eigenvalue weighted by atomic mass is 9.87. The molecule has 0 atom stereocenters. The number of benzene rings is 2. The molecule has 1 saturated heterocycles. The molecule has 0 spiro atoms. The smallest absolute Gasteiger partial charge is 0.336 e. The zero-order chi connectivity index (χ0) is 20.8. The van der Waals surface area contributed by atoms with E-state index >= 15 is 0 Å². The highest BCUT2D eigenvalue weighted by Gasteiger charge is 2.26. The van der Waals surface area contributed by atoms with Gasteiger partial charge in [0.25, 0.3) is 0 Å². The first-order valence-electron chi connectivity index (χ1n) is 10.3. The van der Waals surface area contributed by atoms with Gasteiger partial charge in [-0.3, -0.25) is 9.69 Å². The van der Waals surface area contributed by atoms with Crippen LogP contribution in [0.25, 0.3) is 0 Å². The Hall–Kier alpha value is -2.37. The summed E-state index contributed by atoms with van der Waals surface area (Å²) in [5.74, 6) is -0.845. The molecule has 162 valence electrons. The van der Waals surface area contributed by atoms with Gasteiger partial charge in [0.1, 0.15) is 12.4 Å². The third-order valence-electron chi connectivity index (χ3n) is 5.39. The number of ketones is 1. The largest absolute Gasteiger partial charge is 0.492 e. The van der Waals surface area contributed by atoms with Crippen LogP contribution in [0, 0.1) is 0 Å². The number of hydrogen-bond donors (Lipinski definition) is 1. The number of rotatable bonds is 8. The van der Waals surface area contributed by atoms with Gasteiger partial charge in [-0.15, -0.1) is 12.4 Å². The zero-order valence-corrected chi connectivity index (χ0v) is 18.4. The van der Waals surface area contributed by atoms with Crippen LogP contribution in [0.15, 0.2) is 42.5 Å².